The van der Waals surface area contributed by atoms with Crippen molar-refractivity contribution < 1.29 is 9.90 Å². The summed E-state index contributed by atoms with van der Waals surface area (Å²) in [7, 11) is 0. The summed E-state index contributed by atoms with van der Waals surface area (Å²) in [5, 5.41) is 9.08. The molecule has 0 fully saturated rings. The summed E-state index contributed by atoms with van der Waals surface area (Å²) in [6.07, 6.45) is 0. The van der Waals surface area contributed by atoms with Crippen molar-refractivity contribution in [3.8, 4) is 0 Å². The number of halogens is 2. The van der Waals surface area contributed by atoms with E-state index >= 15 is 0 Å². The Kier molecular flexibility index (Phi) is 4.18. The van der Waals surface area contributed by atoms with E-state index in [9.17, 15) is 4.79 Å². The molecule has 0 aliphatic rings. The lowest BCUT2D eigenvalue weighted by Gasteiger charge is -2.14. The predicted molar refractivity (Wildman–Crippen MR) is 75.9 cm³/mol. The highest BCUT2D eigenvalue weighted by Crippen LogP contribution is 2.31. The lowest BCUT2D eigenvalue weighted by atomic mass is 10.0. The van der Waals surface area contributed by atoms with E-state index in [0.29, 0.717) is 21.4 Å². The number of anilines is 1. The Morgan fingerprint density at radius 1 is 1.40 bits per heavy atom. The molecule has 0 radical (unpaired) electrons. The number of hydrogen-bond donors (Lipinski definition) is 3. The topological polar surface area (TPSA) is 89.3 Å². The van der Waals surface area contributed by atoms with Crippen LogP contribution in [0.4, 0.5) is 5.69 Å². The van der Waals surface area contributed by atoms with E-state index < -0.39 is 5.97 Å². The first kappa shape index (κ1) is 13.0. The van der Waals surface area contributed by atoms with Crippen molar-refractivity contribution in [1.29, 1.82) is 0 Å². The number of benzene rings is 1. The minimum absolute atomic E-state index is 0.258. The van der Waals surface area contributed by atoms with E-state index in [0.717, 1.165) is 9.13 Å². The lowest BCUT2D eigenvalue weighted by molar-refractivity contribution is 0.0695. The first-order chi connectivity index (χ1) is 6.91. The number of carboxylic acid groups (broad SMARTS) is 1. The molecule has 82 valence electrons. The van der Waals surface area contributed by atoms with Crippen molar-refractivity contribution in [2.75, 3.05) is 5.73 Å². The van der Waals surface area contributed by atoms with E-state index in [1.165, 1.54) is 0 Å². The van der Waals surface area contributed by atoms with Gasteiger partial charge in [-0.3, -0.25) is 0 Å². The maximum absolute atomic E-state index is 11.1. The quantitative estimate of drug-likeness (QED) is 0.493. The minimum atomic E-state index is -0.963. The molecular weight excluding hydrogens is 422 g/mol. The normalized spacial score (nSPS) is 10.4. The second-order valence-corrected chi connectivity index (χ2v) is 5.19. The highest BCUT2D eigenvalue weighted by molar-refractivity contribution is 14.1. The van der Waals surface area contributed by atoms with Gasteiger partial charge >= 0.3 is 5.97 Å². The molecule has 0 unspecified atom stereocenters. The minimum Gasteiger partial charge on any atom is -0.478 e. The maximum Gasteiger partial charge on any atom is 0.337 e. The van der Waals surface area contributed by atoms with Crippen LogP contribution in [0.25, 0.3) is 0 Å². The molecule has 0 bridgehead atoms. The van der Waals surface area contributed by atoms with Crippen molar-refractivity contribution in [3.63, 3.8) is 0 Å². The summed E-state index contributed by atoms with van der Waals surface area (Å²) in [5.74, 6) is -0.963. The van der Waals surface area contributed by atoms with Gasteiger partial charge in [0.15, 0.2) is 0 Å². The number of carbonyl (C=O) groups is 1. The van der Waals surface area contributed by atoms with Gasteiger partial charge < -0.3 is 16.6 Å². The summed E-state index contributed by atoms with van der Waals surface area (Å²) in [6.45, 7) is 2.00. The Bertz CT molecular complexity index is 433. The van der Waals surface area contributed by atoms with Crippen LogP contribution >= 0.6 is 45.2 Å². The molecule has 0 atom stereocenters. The van der Waals surface area contributed by atoms with E-state index in [-0.39, 0.29) is 5.56 Å². The third-order valence-electron chi connectivity index (χ3n) is 2.18. The fraction of sp³-hybridized carbons (Fsp3) is 0.222. The number of nitrogen functional groups attached to an aromatic ring is 1. The Labute approximate surface area is 115 Å². The first-order valence-corrected chi connectivity index (χ1v) is 6.26. The van der Waals surface area contributed by atoms with Gasteiger partial charge in [-0.25, -0.2) is 4.79 Å². The second-order valence-electron chi connectivity index (χ2n) is 3.03. The molecule has 4 nitrogen and oxygen atoms in total. The van der Waals surface area contributed by atoms with Crippen LogP contribution < -0.4 is 11.5 Å². The van der Waals surface area contributed by atoms with Gasteiger partial charge in [0.1, 0.15) is 0 Å². The van der Waals surface area contributed by atoms with Gasteiger partial charge in [0, 0.05) is 19.4 Å². The molecule has 1 aromatic rings. The molecule has 1 rings (SSSR count). The standard InChI is InChI=1S/C9H10I2N2O2/c1-3-5(9(14)15)6(10)4(2-12)7(11)8(3)13/h2,12-13H2,1H3,(H,14,15). The van der Waals surface area contributed by atoms with Crippen LogP contribution in [0.1, 0.15) is 21.5 Å². The Hall–Kier alpha value is -0.0900. The molecular formula is C9H10I2N2O2. The summed E-state index contributed by atoms with van der Waals surface area (Å²) in [4.78, 5) is 11.1. The Morgan fingerprint density at radius 2 is 1.93 bits per heavy atom. The van der Waals surface area contributed by atoms with E-state index in [1.54, 1.807) is 6.92 Å². The molecule has 6 heteroatoms. The molecule has 0 heterocycles. The molecule has 0 amide bonds. The van der Waals surface area contributed by atoms with Gasteiger partial charge in [-0.05, 0) is 63.2 Å². The fourth-order valence-electron chi connectivity index (χ4n) is 1.31. The molecule has 0 saturated carbocycles. The predicted octanol–water partition coefficient (Wildman–Crippen LogP) is 1.94. The van der Waals surface area contributed by atoms with Crippen LogP contribution in [-0.2, 0) is 6.54 Å². The molecule has 0 spiro atoms. The summed E-state index contributed by atoms with van der Waals surface area (Å²) in [5.41, 5.74) is 13.6. The van der Waals surface area contributed by atoms with Crippen molar-refractivity contribution in [1.82, 2.24) is 0 Å². The second kappa shape index (κ2) is 4.83. The van der Waals surface area contributed by atoms with Gasteiger partial charge in [0.05, 0.1) is 5.56 Å². The highest BCUT2D eigenvalue weighted by atomic mass is 127. The Morgan fingerprint density at radius 3 is 2.33 bits per heavy atom. The zero-order chi connectivity index (χ0) is 11.7. The van der Waals surface area contributed by atoms with Gasteiger partial charge in [-0.15, -0.1) is 0 Å². The molecule has 0 saturated heterocycles. The monoisotopic (exact) mass is 432 g/mol. The Balaban J connectivity index is 3.68. The van der Waals surface area contributed by atoms with Crippen molar-refractivity contribution in [3.05, 3.63) is 23.8 Å². The third-order valence-corrected chi connectivity index (χ3v) is 4.61. The van der Waals surface area contributed by atoms with Gasteiger partial charge in [-0.1, -0.05) is 0 Å². The average molecular weight is 432 g/mol. The molecule has 15 heavy (non-hydrogen) atoms. The molecule has 5 N–H and O–H groups in total. The summed E-state index contributed by atoms with van der Waals surface area (Å²) < 4.78 is 1.53. The van der Waals surface area contributed by atoms with Crippen LogP contribution in [-0.4, -0.2) is 11.1 Å². The number of hydrogen-bond acceptors (Lipinski definition) is 3. The third kappa shape index (κ3) is 2.21. The molecule has 0 aromatic heterocycles. The lowest BCUT2D eigenvalue weighted by Crippen LogP contribution is -2.13. The molecule has 0 aliphatic carbocycles. The molecule has 0 aliphatic heterocycles. The number of rotatable bonds is 2. The van der Waals surface area contributed by atoms with Crippen LogP contribution in [0.15, 0.2) is 0 Å². The van der Waals surface area contributed by atoms with Gasteiger partial charge in [-0.2, -0.15) is 0 Å². The smallest absolute Gasteiger partial charge is 0.337 e. The van der Waals surface area contributed by atoms with Gasteiger partial charge in [0.2, 0.25) is 0 Å². The largest absolute Gasteiger partial charge is 0.478 e. The van der Waals surface area contributed by atoms with Crippen molar-refractivity contribution in [2.24, 2.45) is 5.73 Å². The molecule has 1 aromatic carbocycles. The zero-order valence-electron chi connectivity index (χ0n) is 7.97. The van der Waals surface area contributed by atoms with E-state index in [1.807, 2.05) is 22.6 Å². The average Bonchev–Trinajstić information content (AvgIpc) is 2.15. The zero-order valence-corrected chi connectivity index (χ0v) is 12.3. The number of carboxylic acids is 1. The SMILES string of the molecule is Cc1c(N)c(I)c(CN)c(I)c1C(=O)O. The first-order valence-electron chi connectivity index (χ1n) is 4.11. The summed E-state index contributed by atoms with van der Waals surface area (Å²) in [6, 6.07) is 0. The fourth-order valence-corrected chi connectivity index (χ4v) is 3.84. The maximum atomic E-state index is 11.1. The number of nitrogens with two attached hydrogens (primary N) is 2. The van der Waals surface area contributed by atoms with Gasteiger partial charge in [0.25, 0.3) is 0 Å². The summed E-state index contributed by atoms with van der Waals surface area (Å²) >= 11 is 4.10. The van der Waals surface area contributed by atoms with Crippen molar-refractivity contribution >= 4 is 56.8 Å². The van der Waals surface area contributed by atoms with Crippen LogP contribution in [0.3, 0.4) is 0 Å². The van der Waals surface area contributed by atoms with E-state index in [2.05, 4.69) is 22.6 Å². The van der Waals surface area contributed by atoms with Crippen LogP contribution in [0, 0.1) is 14.1 Å². The van der Waals surface area contributed by atoms with Crippen molar-refractivity contribution in [2.45, 2.75) is 13.5 Å². The van der Waals surface area contributed by atoms with E-state index in [4.69, 9.17) is 16.6 Å². The van der Waals surface area contributed by atoms with Crippen LogP contribution in [0.5, 0.6) is 0 Å². The van der Waals surface area contributed by atoms with Crippen LogP contribution in [0.2, 0.25) is 0 Å². The number of aromatic carboxylic acids is 1. The highest BCUT2D eigenvalue weighted by Gasteiger charge is 2.20.